The molecule has 5 aromatic carbocycles. The van der Waals surface area contributed by atoms with Gasteiger partial charge in [-0.25, -0.2) is 4.79 Å². The Bertz CT molecular complexity index is 1600. The second kappa shape index (κ2) is 17.6. The standard InChI is InChI=1S/C40H38O6/c41-36(34-22-12-4-13-23-34)26-37(44-28-32-18-8-2-9-19-32)39(45-29-33-20-10-3-11-21-33)38(30-43-27-31-16-6-1-7-17-31)46-40(42)35-24-14-5-15-25-35/h1-25,37-39H,26-30H2/t37-,38+,39+/m1/s1. The zero-order chi connectivity index (χ0) is 31.8. The summed E-state index contributed by atoms with van der Waals surface area (Å²) in [5.74, 6) is -0.622. The number of esters is 1. The molecule has 5 rings (SSSR count). The van der Waals surface area contributed by atoms with E-state index in [4.69, 9.17) is 18.9 Å². The molecular weight excluding hydrogens is 576 g/mol. The predicted molar refractivity (Wildman–Crippen MR) is 177 cm³/mol. The monoisotopic (exact) mass is 614 g/mol. The minimum absolute atomic E-state index is 0.00831. The van der Waals surface area contributed by atoms with Crippen LogP contribution in [0.15, 0.2) is 152 Å². The van der Waals surface area contributed by atoms with Gasteiger partial charge in [0.25, 0.3) is 0 Å². The van der Waals surface area contributed by atoms with Gasteiger partial charge in [0.1, 0.15) is 6.10 Å². The van der Waals surface area contributed by atoms with Crippen LogP contribution in [0, 0.1) is 0 Å². The molecule has 5 aromatic rings. The van der Waals surface area contributed by atoms with Crippen molar-refractivity contribution in [2.75, 3.05) is 6.61 Å². The summed E-state index contributed by atoms with van der Waals surface area (Å²) in [7, 11) is 0. The van der Waals surface area contributed by atoms with Crippen molar-refractivity contribution >= 4 is 11.8 Å². The molecule has 0 bridgehead atoms. The maximum absolute atomic E-state index is 13.6. The van der Waals surface area contributed by atoms with Gasteiger partial charge in [-0.1, -0.05) is 140 Å². The highest BCUT2D eigenvalue weighted by Crippen LogP contribution is 2.23. The van der Waals surface area contributed by atoms with Crippen molar-refractivity contribution in [2.45, 2.75) is 44.6 Å². The van der Waals surface area contributed by atoms with Crippen molar-refractivity contribution in [1.29, 1.82) is 0 Å². The average Bonchev–Trinajstić information content (AvgIpc) is 3.12. The van der Waals surface area contributed by atoms with Gasteiger partial charge in [-0.15, -0.1) is 0 Å². The first-order valence-electron chi connectivity index (χ1n) is 15.4. The van der Waals surface area contributed by atoms with E-state index in [9.17, 15) is 9.59 Å². The molecule has 0 aromatic heterocycles. The number of hydrogen-bond acceptors (Lipinski definition) is 6. The molecule has 0 unspecified atom stereocenters. The van der Waals surface area contributed by atoms with Crippen LogP contribution in [-0.4, -0.2) is 36.7 Å². The van der Waals surface area contributed by atoms with Gasteiger partial charge in [0.05, 0.1) is 38.1 Å². The Morgan fingerprint density at radius 3 is 1.43 bits per heavy atom. The predicted octanol–water partition coefficient (Wildman–Crippen LogP) is 7.87. The Hall–Kier alpha value is -4.88. The topological polar surface area (TPSA) is 71.1 Å². The number of carbonyl (C=O) groups excluding carboxylic acids is 2. The Morgan fingerprint density at radius 2 is 0.913 bits per heavy atom. The summed E-state index contributed by atoms with van der Waals surface area (Å²) in [6, 6.07) is 47.2. The molecule has 0 amide bonds. The van der Waals surface area contributed by atoms with E-state index in [2.05, 4.69) is 0 Å². The van der Waals surface area contributed by atoms with Gasteiger partial charge in [0, 0.05) is 12.0 Å². The minimum atomic E-state index is -0.899. The third-order valence-electron chi connectivity index (χ3n) is 7.47. The fourth-order valence-corrected chi connectivity index (χ4v) is 5.04. The number of Topliss-reactive ketones (excluding diaryl/α,β-unsaturated/α-hetero) is 1. The van der Waals surface area contributed by atoms with Crippen LogP contribution < -0.4 is 0 Å². The molecule has 0 radical (unpaired) electrons. The number of ketones is 1. The van der Waals surface area contributed by atoms with Crippen molar-refractivity contribution in [3.8, 4) is 0 Å². The molecule has 0 aliphatic rings. The first kappa shape index (κ1) is 32.5. The third kappa shape index (κ3) is 10.1. The molecule has 234 valence electrons. The lowest BCUT2D eigenvalue weighted by Crippen LogP contribution is -2.46. The Kier molecular flexibility index (Phi) is 12.4. The minimum Gasteiger partial charge on any atom is -0.453 e. The lowest BCUT2D eigenvalue weighted by Gasteiger charge is -2.33. The number of ether oxygens (including phenoxy) is 4. The fourth-order valence-electron chi connectivity index (χ4n) is 5.04. The Labute approximate surface area is 270 Å². The average molecular weight is 615 g/mol. The molecule has 0 heterocycles. The molecule has 0 aliphatic heterocycles. The fraction of sp³-hybridized carbons (Fsp3) is 0.200. The van der Waals surface area contributed by atoms with Crippen LogP contribution in [0.5, 0.6) is 0 Å². The van der Waals surface area contributed by atoms with Crippen LogP contribution in [0.1, 0.15) is 43.8 Å². The second-order valence-corrected chi connectivity index (χ2v) is 10.9. The van der Waals surface area contributed by atoms with E-state index in [0.29, 0.717) is 17.7 Å². The quantitative estimate of drug-likeness (QED) is 0.0784. The van der Waals surface area contributed by atoms with E-state index in [1.54, 1.807) is 36.4 Å². The highest BCUT2D eigenvalue weighted by atomic mass is 16.6. The van der Waals surface area contributed by atoms with Gasteiger partial charge in [-0.3, -0.25) is 4.79 Å². The summed E-state index contributed by atoms with van der Waals surface area (Å²) in [4.78, 5) is 27.1. The molecular formula is C40H38O6. The second-order valence-electron chi connectivity index (χ2n) is 10.9. The molecule has 0 aliphatic carbocycles. The van der Waals surface area contributed by atoms with Gasteiger partial charge >= 0.3 is 5.97 Å². The Morgan fingerprint density at radius 1 is 0.478 bits per heavy atom. The van der Waals surface area contributed by atoms with Crippen molar-refractivity contribution in [2.24, 2.45) is 0 Å². The number of carbonyl (C=O) groups is 2. The van der Waals surface area contributed by atoms with Crippen molar-refractivity contribution in [3.63, 3.8) is 0 Å². The van der Waals surface area contributed by atoms with Crippen LogP contribution >= 0.6 is 0 Å². The normalized spacial score (nSPS) is 13.0. The van der Waals surface area contributed by atoms with E-state index in [1.807, 2.05) is 115 Å². The van der Waals surface area contributed by atoms with Crippen molar-refractivity contribution < 1.29 is 28.5 Å². The van der Waals surface area contributed by atoms with Crippen LogP contribution in [0.4, 0.5) is 0 Å². The number of hydrogen-bond donors (Lipinski definition) is 0. The summed E-state index contributed by atoms with van der Waals surface area (Å²) < 4.78 is 25.4. The largest absolute Gasteiger partial charge is 0.453 e. The van der Waals surface area contributed by atoms with E-state index < -0.39 is 24.3 Å². The molecule has 6 nitrogen and oxygen atoms in total. The number of rotatable bonds is 17. The van der Waals surface area contributed by atoms with Crippen LogP contribution in [0.25, 0.3) is 0 Å². The van der Waals surface area contributed by atoms with E-state index in [1.165, 1.54) is 0 Å². The summed E-state index contributed by atoms with van der Waals surface area (Å²) in [5, 5.41) is 0. The van der Waals surface area contributed by atoms with Gasteiger partial charge in [-0.05, 0) is 28.8 Å². The summed E-state index contributed by atoms with van der Waals surface area (Å²) in [6.07, 6.45) is -2.51. The smallest absolute Gasteiger partial charge is 0.338 e. The van der Waals surface area contributed by atoms with Crippen molar-refractivity contribution in [1.82, 2.24) is 0 Å². The third-order valence-corrected chi connectivity index (χ3v) is 7.47. The molecule has 3 atom stereocenters. The number of benzene rings is 5. The molecule has 46 heavy (non-hydrogen) atoms. The summed E-state index contributed by atoms with van der Waals surface area (Å²) >= 11 is 0. The maximum atomic E-state index is 13.6. The van der Waals surface area contributed by atoms with E-state index in [-0.39, 0.29) is 32.0 Å². The van der Waals surface area contributed by atoms with Crippen LogP contribution in [0.2, 0.25) is 0 Å². The van der Waals surface area contributed by atoms with E-state index in [0.717, 1.165) is 16.7 Å². The zero-order valence-electron chi connectivity index (χ0n) is 25.7. The molecule has 6 heteroatoms. The first-order chi connectivity index (χ1) is 22.7. The first-order valence-corrected chi connectivity index (χ1v) is 15.4. The molecule has 0 saturated heterocycles. The molecule has 0 spiro atoms. The molecule has 0 fully saturated rings. The van der Waals surface area contributed by atoms with Gasteiger partial charge in [0.2, 0.25) is 0 Å². The van der Waals surface area contributed by atoms with Gasteiger partial charge < -0.3 is 18.9 Å². The van der Waals surface area contributed by atoms with E-state index >= 15 is 0 Å². The van der Waals surface area contributed by atoms with Crippen molar-refractivity contribution in [3.05, 3.63) is 179 Å². The van der Waals surface area contributed by atoms with Crippen LogP contribution in [0.3, 0.4) is 0 Å². The highest BCUT2D eigenvalue weighted by Gasteiger charge is 2.36. The maximum Gasteiger partial charge on any atom is 0.338 e. The van der Waals surface area contributed by atoms with Crippen LogP contribution in [-0.2, 0) is 38.8 Å². The Balaban J connectivity index is 1.47. The summed E-state index contributed by atoms with van der Waals surface area (Å²) in [5.41, 5.74) is 3.82. The molecule has 0 saturated carbocycles. The zero-order valence-corrected chi connectivity index (χ0v) is 25.7. The SMILES string of the molecule is O=C(C[C@@H](OCc1ccccc1)[C@H](OCc1ccccc1)[C@H](COCc1ccccc1)OC(=O)c1ccccc1)c1ccccc1. The molecule has 0 N–H and O–H groups in total. The van der Waals surface area contributed by atoms with Gasteiger partial charge in [-0.2, -0.15) is 0 Å². The summed E-state index contributed by atoms with van der Waals surface area (Å²) in [6.45, 7) is 0.791. The van der Waals surface area contributed by atoms with Gasteiger partial charge in [0.15, 0.2) is 11.9 Å². The lowest BCUT2D eigenvalue weighted by atomic mass is 9.98. The highest BCUT2D eigenvalue weighted by molar-refractivity contribution is 5.96. The lowest BCUT2D eigenvalue weighted by molar-refractivity contribution is -0.148.